The summed E-state index contributed by atoms with van der Waals surface area (Å²) in [6, 6.07) is 9.21. The molecule has 4 rings (SSSR count). The lowest BCUT2D eigenvalue weighted by atomic mass is 10.3. The summed E-state index contributed by atoms with van der Waals surface area (Å²) < 4.78 is 19.2. The summed E-state index contributed by atoms with van der Waals surface area (Å²) in [5.74, 6) is 2.68. The number of rotatable bonds is 2. The van der Waals surface area contributed by atoms with Crippen LogP contribution in [0.2, 0.25) is 5.02 Å². The molecule has 0 bridgehead atoms. The van der Waals surface area contributed by atoms with E-state index >= 15 is 0 Å². The van der Waals surface area contributed by atoms with E-state index in [1.807, 2.05) is 24.3 Å². The van der Waals surface area contributed by atoms with Gasteiger partial charge in [-0.3, -0.25) is 4.72 Å². The molecule has 0 aliphatic carbocycles. The van der Waals surface area contributed by atoms with Crippen molar-refractivity contribution >= 4 is 40.9 Å². The third-order valence-electron chi connectivity index (χ3n) is 3.34. The predicted octanol–water partition coefficient (Wildman–Crippen LogP) is 3.79. The second-order valence-electron chi connectivity index (χ2n) is 4.81. The molecule has 2 aromatic rings. The Morgan fingerprint density at radius 2 is 2.13 bits per heavy atom. The second kappa shape index (κ2) is 5.75. The Kier molecular flexibility index (Phi) is 3.59. The van der Waals surface area contributed by atoms with Gasteiger partial charge in [0, 0.05) is 22.8 Å². The highest BCUT2D eigenvalue weighted by Gasteiger charge is 2.19. The van der Waals surface area contributed by atoms with E-state index in [-0.39, 0.29) is 6.79 Å². The quantitative estimate of drug-likeness (QED) is 0.804. The molecular weight excluding hydrogens is 338 g/mol. The molecular formula is C15H12ClN3O3S. The number of nitrogens with zero attached hydrogens (tertiary/aromatic N) is 1. The Balaban J connectivity index is 1.63. The van der Waals surface area contributed by atoms with Gasteiger partial charge in [-0.05, 0) is 30.1 Å². The van der Waals surface area contributed by atoms with E-state index in [4.69, 9.17) is 25.8 Å². The second-order valence-corrected chi connectivity index (χ2v) is 6.10. The maximum atomic E-state index is 6.07. The number of nitrogens with one attached hydrogen (secondary N) is 2. The standard InChI is InChI=1S/C15H12ClN3O3S/c1-20-12-4-8(16)5-13-14(12)18-15(19-23-13)17-9-2-3-10-11(6-9)22-7-21-10/h2-6H,7H2,1H3,(H2,17,18,19). The fourth-order valence-corrected chi connectivity index (χ4v) is 3.30. The number of anilines is 1. The number of benzene rings is 2. The maximum absolute atomic E-state index is 6.07. The molecule has 2 heterocycles. The molecule has 6 nitrogen and oxygen atoms in total. The van der Waals surface area contributed by atoms with Crippen molar-refractivity contribution in [2.24, 2.45) is 4.99 Å². The van der Waals surface area contributed by atoms with Crippen LogP contribution in [-0.4, -0.2) is 19.9 Å². The molecule has 0 fully saturated rings. The molecule has 2 aliphatic heterocycles. The first-order chi connectivity index (χ1) is 11.2. The zero-order valence-electron chi connectivity index (χ0n) is 12.1. The molecule has 0 radical (unpaired) electrons. The number of methoxy groups -OCH3 is 1. The molecule has 118 valence electrons. The molecule has 0 saturated carbocycles. The minimum absolute atomic E-state index is 0.249. The minimum Gasteiger partial charge on any atom is -0.494 e. The summed E-state index contributed by atoms with van der Waals surface area (Å²) in [7, 11) is 1.60. The van der Waals surface area contributed by atoms with Crippen molar-refractivity contribution in [3.05, 3.63) is 35.4 Å². The summed E-state index contributed by atoms with van der Waals surface area (Å²) in [6.45, 7) is 0.249. The van der Waals surface area contributed by atoms with Crippen molar-refractivity contribution in [1.82, 2.24) is 4.72 Å². The van der Waals surface area contributed by atoms with E-state index in [1.54, 1.807) is 13.2 Å². The molecule has 2 aliphatic rings. The molecule has 0 unspecified atom stereocenters. The average molecular weight is 350 g/mol. The van der Waals surface area contributed by atoms with E-state index < -0.39 is 0 Å². The summed E-state index contributed by atoms with van der Waals surface area (Å²) in [5, 5.41) is 3.82. The summed E-state index contributed by atoms with van der Waals surface area (Å²) in [6.07, 6.45) is 0. The van der Waals surface area contributed by atoms with Gasteiger partial charge in [0.25, 0.3) is 0 Å². The molecule has 0 atom stereocenters. The molecule has 0 aromatic heterocycles. The fourth-order valence-electron chi connectivity index (χ4n) is 2.30. The number of halogens is 1. The SMILES string of the molecule is COc1cc(Cl)cc2c1N=C(Nc1ccc3c(c1)OCO3)NS2. The van der Waals surface area contributed by atoms with Gasteiger partial charge < -0.3 is 19.5 Å². The van der Waals surface area contributed by atoms with Gasteiger partial charge in [0.1, 0.15) is 11.4 Å². The average Bonchev–Trinajstić information content (AvgIpc) is 3.02. The van der Waals surface area contributed by atoms with Gasteiger partial charge in [-0.15, -0.1) is 0 Å². The molecule has 23 heavy (non-hydrogen) atoms. The Morgan fingerprint density at radius 1 is 1.26 bits per heavy atom. The van der Waals surface area contributed by atoms with Crippen molar-refractivity contribution in [1.29, 1.82) is 0 Å². The van der Waals surface area contributed by atoms with Gasteiger partial charge >= 0.3 is 0 Å². The number of hydrogen-bond donors (Lipinski definition) is 2. The first-order valence-electron chi connectivity index (χ1n) is 6.79. The lowest BCUT2D eigenvalue weighted by Crippen LogP contribution is -2.26. The van der Waals surface area contributed by atoms with Crippen LogP contribution in [0.25, 0.3) is 0 Å². The van der Waals surface area contributed by atoms with E-state index in [0.29, 0.717) is 22.5 Å². The van der Waals surface area contributed by atoms with Gasteiger partial charge in [0.15, 0.2) is 11.5 Å². The van der Waals surface area contributed by atoms with Crippen LogP contribution < -0.4 is 24.2 Å². The number of hydrogen-bond acceptors (Lipinski definition) is 7. The van der Waals surface area contributed by atoms with Crippen LogP contribution in [0.4, 0.5) is 11.4 Å². The Morgan fingerprint density at radius 3 is 3.00 bits per heavy atom. The summed E-state index contributed by atoms with van der Waals surface area (Å²) >= 11 is 7.49. The molecule has 8 heteroatoms. The summed E-state index contributed by atoms with van der Waals surface area (Å²) in [5.41, 5.74) is 1.58. The van der Waals surface area contributed by atoms with Crippen LogP contribution in [0.3, 0.4) is 0 Å². The van der Waals surface area contributed by atoms with E-state index in [2.05, 4.69) is 15.0 Å². The molecule has 0 saturated heterocycles. The Bertz CT molecular complexity index is 813. The van der Waals surface area contributed by atoms with Gasteiger partial charge in [0.2, 0.25) is 12.8 Å². The van der Waals surface area contributed by atoms with E-state index in [9.17, 15) is 0 Å². The van der Waals surface area contributed by atoms with Crippen LogP contribution in [0.15, 0.2) is 40.2 Å². The zero-order chi connectivity index (χ0) is 15.8. The number of aliphatic imine (C=N–C) groups is 1. The molecule has 2 N–H and O–H groups in total. The Hall–Kier alpha value is -2.25. The van der Waals surface area contributed by atoms with Gasteiger partial charge in [-0.25, -0.2) is 4.99 Å². The van der Waals surface area contributed by atoms with E-state index in [1.165, 1.54) is 11.9 Å². The van der Waals surface area contributed by atoms with Crippen LogP contribution in [-0.2, 0) is 0 Å². The first-order valence-corrected chi connectivity index (χ1v) is 7.98. The monoisotopic (exact) mass is 349 g/mol. The van der Waals surface area contributed by atoms with Gasteiger partial charge in [0.05, 0.1) is 12.0 Å². The third kappa shape index (κ3) is 2.73. The van der Waals surface area contributed by atoms with Crippen LogP contribution >= 0.6 is 23.5 Å². The van der Waals surface area contributed by atoms with Crippen molar-refractivity contribution in [2.75, 3.05) is 19.2 Å². The van der Waals surface area contributed by atoms with Gasteiger partial charge in [-0.2, -0.15) is 0 Å². The fraction of sp³-hybridized carbons (Fsp3) is 0.133. The first kappa shape index (κ1) is 14.3. The number of ether oxygens (including phenoxy) is 3. The predicted molar refractivity (Wildman–Crippen MR) is 90.3 cm³/mol. The highest BCUT2D eigenvalue weighted by atomic mass is 35.5. The van der Waals surface area contributed by atoms with Crippen LogP contribution in [0.5, 0.6) is 17.2 Å². The third-order valence-corrected chi connectivity index (χ3v) is 4.39. The van der Waals surface area contributed by atoms with Crippen LogP contribution in [0.1, 0.15) is 0 Å². The molecule has 2 aromatic carbocycles. The number of fused-ring (bicyclic) bond motifs is 2. The van der Waals surface area contributed by atoms with Gasteiger partial charge in [-0.1, -0.05) is 11.6 Å². The molecule has 0 spiro atoms. The Labute approximate surface area is 141 Å². The van der Waals surface area contributed by atoms with Crippen LogP contribution in [0, 0.1) is 0 Å². The van der Waals surface area contributed by atoms with Crippen molar-refractivity contribution in [3.63, 3.8) is 0 Å². The van der Waals surface area contributed by atoms with Crippen molar-refractivity contribution in [2.45, 2.75) is 4.90 Å². The lowest BCUT2D eigenvalue weighted by Gasteiger charge is -2.19. The van der Waals surface area contributed by atoms with Crippen molar-refractivity contribution < 1.29 is 14.2 Å². The zero-order valence-corrected chi connectivity index (χ0v) is 13.6. The lowest BCUT2D eigenvalue weighted by molar-refractivity contribution is 0.174. The van der Waals surface area contributed by atoms with E-state index in [0.717, 1.165) is 22.0 Å². The van der Waals surface area contributed by atoms with Crippen molar-refractivity contribution in [3.8, 4) is 17.2 Å². The summed E-state index contributed by atoms with van der Waals surface area (Å²) in [4.78, 5) is 5.47. The smallest absolute Gasteiger partial charge is 0.231 e. The molecule has 0 amide bonds. The topological polar surface area (TPSA) is 64.1 Å². The minimum atomic E-state index is 0.249. The highest BCUT2D eigenvalue weighted by Crippen LogP contribution is 2.42. The maximum Gasteiger partial charge on any atom is 0.231 e. The highest BCUT2D eigenvalue weighted by molar-refractivity contribution is 7.98. The normalized spacial score (nSPS) is 14.6. The largest absolute Gasteiger partial charge is 0.494 e. The number of guanidine groups is 1.